The predicted octanol–water partition coefficient (Wildman–Crippen LogP) is 7.22. The maximum Gasteiger partial charge on any atom is 0.0602 e. The summed E-state index contributed by atoms with van der Waals surface area (Å²) in [6.45, 7) is 20.1. The van der Waals surface area contributed by atoms with Crippen LogP contribution in [-0.2, 0) is 0 Å². The molecule has 184 valence electrons. The van der Waals surface area contributed by atoms with Crippen molar-refractivity contribution in [3.05, 3.63) is 0 Å². The van der Waals surface area contributed by atoms with Gasteiger partial charge in [-0.3, -0.25) is 0 Å². The van der Waals surface area contributed by atoms with Crippen molar-refractivity contribution in [1.82, 2.24) is 0 Å². The highest BCUT2D eigenvalue weighted by Gasteiger charge is 2.72. The molecular weight excluding hydrogens is 392 g/mol. The molecule has 0 heterocycles. The maximum atomic E-state index is 11.8. The van der Waals surface area contributed by atoms with Crippen molar-refractivity contribution in [2.24, 2.45) is 56.2 Å². The van der Waals surface area contributed by atoms with Crippen molar-refractivity contribution in [2.75, 3.05) is 0 Å². The average molecular weight is 445 g/mol. The Hall–Kier alpha value is -0.0800. The van der Waals surface area contributed by atoms with Gasteiger partial charge >= 0.3 is 0 Å². The summed E-state index contributed by atoms with van der Waals surface area (Å²) in [6.07, 6.45) is 11.8. The second-order valence-corrected chi connectivity index (χ2v) is 15.6. The van der Waals surface area contributed by atoms with Gasteiger partial charge in [0.05, 0.1) is 12.2 Å². The van der Waals surface area contributed by atoms with Crippen molar-refractivity contribution >= 4 is 0 Å². The van der Waals surface area contributed by atoms with Gasteiger partial charge in [-0.05, 0) is 120 Å². The summed E-state index contributed by atoms with van der Waals surface area (Å²) in [5.74, 6) is 2.43. The van der Waals surface area contributed by atoms with Gasteiger partial charge in [0.2, 0.25) is 0 Å². The predicted molar refractivity (Wildman–Crippen MR) is 132 cm³/mol. The van der Waals surface area contributed by atoms with E-state index in [9.17, 15) is 10.2 Å². The Morgan fingerprint density at radius 1 is 0.562 bits per heavy atom. The molecule has 5 aliphatic rings. The Bertz CT molecular complexity index is 775. The summed E-state index contributed by atoms with van der Waals surface area (Å²) in [6, 6.07) is 0. The average Bonchev–Trinajstić information content (AvgIpc) is 2.70. The van der Waals surface area contributed by atoms with E-state index in [0.717, 1.165) is 12.8 Å². The minimum atomic E-state index is -0.163. The summed E-state index contributed by atoms with van der Waals surface area (Å²) >= 11 is 0. The fraction of sp³-hybridized carbons (Fsp3) is 1.00. The quantitative estimate of drug-likeness (QED) is 0.414. The standard InChI is InChI=1S/C30H52O2/c1-19-20(31)9-10-21-26(19,4)12-11-22-27(21,5)15-16-29(7)23-17-25(2,3)13-14-28(23,6)24(32)18-30(22,29)8/h19-24,31-32H,9-18H2,1-8H3/t19-,20-,21+,22-,23+,24-,26+,27-,28-,29-,30+/m0/s1. The first-order valence-electron chi connectivity index (χ1n) is 14.0. The SMILES string of the molecule is C[C@H]1[C@@H](O)CC[C@@H]2[C@]1(C)CC[C@H]1[C@@]2(C)CC[C@@]2(C)[C@@H]3CC(C)(C)CC[C@]3(C)[C@@H](O)C[C@]12C. The molecule has 0 spiro atoms. The van der Waals surface area contributed by atoms with Gasteiger partial charge in [0.25, 0.3) is 0 Å². The zero-order chi connectivity index (χ0) is 23.5. The third kappa shape index (κ3) is 2.72. The lowest BCUT2D eigenvalue weighted by Crippen LogP contribution is -2.70. The van der Waals surface area contributed by atoms with E-state index in [2.05, 4.69) is 55.4 Å². The normalized spacial score (nSPS) is 61.7. The molecule has 5 fully saturated rings. The third-order valence-corrected chi connectivity index (χ3v) is 14.0. The topological polar surface area (TPSA) is 40.5 Å². The molecule has 5 rings (SSSR count). The van der Waals surface area contributed by atoms with E-state index < -0.39 is 0 Å². The Kier molecular flexibility index (Phi) is 5.01. The van der Waals surface area contributed by atoms with Gasteiger partial charge in [-0.25, -0.2) is 0 Å². The van der Waals surface area contributed by atoms with E-state index in [-0.39, 0.29) is 28.5 Å². The molecule has 0 radical (unpaired) electrons. The van der Waals surface area contributed by atoms with Gasteiger partial charge in [-0.15, -0.1) is 0 Å². The molecule has 32 heavy (non-hydrogen) atoms. The van der Waals surface area contributed by atoms with Crippen LogP contribution >= 0.6 is 0 Å². The number of aliphatic hydroxyl groups excluding tert-OH is 2. The van der Waals surface area contributed by atoms with Crippen LogP contribution in [0.3, 0.4) is 0 Å². The van der Waals surface area contributed by atoms with Crippen LogP contribution < -0.4 is 0 Å². The van der Waals surface area contributed by atoms with E-state index in [4.69, 9.17) is 0 Å². The number of hydrogen-bond acceptors (Lipinski definition) is 2. The smallest absolute Gasteiger partial charge is 0.0602 e. The molecule has 0 aromatic heterocycles. The molecule has 0 saturated heterocycles. The summed E-state index contributed by atoms with van der Waals surface area (Å²) in [7, 11) is 0. The molecule has 0 amide bonds. The molecule has 0 aliphatic heterocycles. The number of fused-ring (bicyclic) bond motifs is 7. The van der Waals surface area contributed by atoms with Crippen molar-refractivity contribution in [1.29, 1.82) is 0 Å². The molecule has 2 nitrogen and oxygen atoms in total. The first kappa shape index (κ1) is 23.7. The highest BCUT2D eigenvalue weighted by Crippen LogP contribution is 2.78. The van der Waals surface area contributed by atoms with Gasteiger partial charge in [-0.1, -0.05) is 55.4 Å². The van der Waals surface area contributed by atoms with Crippen molar-refractivity contribution in [3.8, 4) is 0 Å². The summed E-state index contributed by atoms with van der Waals surface area (Å²) < 4.78 is 0. The van der Waals surface area contributed by atoms with Crippen LogP contribution in [0, 0.1) is 56.2 Å². The van der Waals surface area contributed by atoms with Crippen LogP contribution in [0.4, 0.5) is 0 Å². The van der Waals surface area contributed by atoms with Crippen LogP contribution in [-0.4, -0.2) is 22.4 Å². The van der Waals surface area contributed by atoms with Gasteiger partial charge in [0, 0.05) is 0 Å². The maximum absolute atomic E-state index is 11.8. The van der Waals surface area contributed by atoms with Crippen LogP contribution in [0.15, 0.2) is 0 Å². The minimum Gasteiger partial charge on any atom is -0.393 e. The number of hydrogen-bond donors (Lipinski definition) is 2. The van der Waals surface area contributed by atoms with Crippen molar-refractivity contribution in [2.45, 2.75) is 132 Å². The second kappa shape index (κ2) is 6.77. The van der Waals surface area contributed by atoms with Crippen molar-refractivity contribution < 1.29 is 10.2 Å². The second-order valence-electron chi connectivity index (χ2n) is 15.6. The number of rotatable bonds is 0. The molecule has 2 heteroatoms. The fourth-order valence-corrected chi connectivity index (χ4v) is 11.4. The zero-order valence-electron chi connectivity index (χ0n) is 22.4. The number of aliphatic hydroxyl groups is 2. The van der Waals surface area contributed by atoms with Crippen molar-refractivity contribution in [3.63, 3.8) is 0 Å². The summed E-state index contributed by atoms with van der Waals surface area (Å²) in [5, 5.41) is 22.5. The summed E-state index contributed by atoms with van der Waals surface area (Å²) in [5.41, 5.74) is 1.61. The lowest BCUT2D eigenvalue weighted by molar-refractivity contribution is -0.284. The van der Waals surface area contributed by atoms with Gasteiger partial charge < -0.3 is 10.2 Å². The van der Waals surface area contributed by atoms with Crippen LogP contribution in [0.1, 0.15) is 120 Å². The molecule has 11 atom stereocenters. The largest absolute Gasteiger partial charge is 0.393 e. The summed E-state index contributed by atoms with van der Waals surface area (Å²) in [4.78, 5) is 0. The van der Waals surface area contributed by atoms with Crippen LogP contribution in [0.5, 0.6) is 0 Å². The molecule has 0 aromatic carbocycles. The zero-order valence-corrected chi connectivity index (χ0v) is 22.4. The van der Waals surface area contributed by atoms with E-state index in [0.29, 0.717) is 39.9 Å². The van der Waals surface area contributed by atoms with Gasteiger partial charge in [0.15, 0.2) is 0 Å². The molecular formula is C30H52O2. The fourth-order valence-electron chi connectivity index (χ4n) is 11.4. The van der Waals surface area contributed by atoms with E-state index >= 15 is 0 Å². The molecule has 5 aliphatic carbocycles. The van der Waals surface area contributed by atoms with Crippen LogP contribution in [0.2, 0.25) is 0 Å². The third-order valence-electron chi connectivity index (χ3n) is 14.0. The molecule has 0 aromatic rings. The Labute approximate surface area is 198 Å². The molecule has 5 saturated carbocycles. The molecule has 0 unspecified atom stereocenters. The van der Waals surface area contributed by atoms with E-state index in [1.165, 1.54) is 51.4 Å². The van der Waals surface area contributed by atoms with Gasteiger partial charge in [-0.2, -0.15) is 0 Å². The first-order valence-corrected chi connectivity index (χ1v) is 14.0. The lowest BCUT2D eigenvalue weighted by Gasteiger charge is -2.75. The Balaban J connectivity index is 1.57. The van der Waals surface area contributed by atoms with E-state index in [1.807, 2.05) is 0 Å². The molecule has 2 N–H and O–H groups in total. The lowest BCUT2D eigenvalue weighted by atomic mass is 9.29. The molecule has 0 bridgehead atoms. The Morgan fingerprint density at radius 2 is 1.22 bits per heavy atom. The monoisotopic (exact) mass is 444 g/mol. The minimum absolute atomic E-state index is 0.0875. The van der Waals surface area contributed by atoms with E-state index in [1.54, 1.807) is 0 Å². The Morgan fingerprint density at radius 3 is 1.91 bits per heavy atom. The highest BCUT2D eigenvalue weighted by atomic mass is 16.3. The first-order chi connectivity index (χ1) is 14.6. The highest BCUT2D eigenvalue weighted by molar-refractivity contribution is 5.21. The van der Waals surface area contributed by atoms with Crippen LogP contribution in [0.25, 0.3) is 0 Å². The van der Waals surface area contributed by atoms with Gasteiger partial charge in [0.1, 0.15) is 0 Å².